The molecule has 0 aliphatic carbocycles. The van der Waals surface area contributed by atoms with Gasteiger partial charge in [0.05, 0.1) is 0 Å². The van der Waals surface area contributed by atoms with Crippen molar-refractivity contribution in [2.75, 3.05) is 0 Å². The Morgan fingerprint density at radius 3 is 2.11 bits per heavy atom. The number of hydrogen-bond acceptors (Lipinski definition) is 2. The molecular formula is C4H4Cl2O3. The summed E-state index contributed by atoms with van der Waals surface area (Å²) in [7, 11) is 0. The molecule has 9 heavy (non-hydrogen) atoms. The highest BCUT2D eigenvalue weighted by Crippen LogP contribution is 2.06. The topological polar surface area (TPSA) is 54.4 Å². The van der Waals surface area contributed by atoms with Gasteiger partial charge in [0.15, 0.2) is 5.38 Å². The Morgan fingerprint density at radius 2 is 2.00 bits per heavy atom. The first-order chi connectivity index (χ1) is 4.09. The largest absolute Gasteiger partial charge is 0.480 e. The first kappa shape index (κ1) is 8.72. The predicted octanol–water partition coefficient (Wildman–Crippen LogP) is 0.485. The lowest BCUT2D eigenvalue weighted by atomic mass is 10.3. The molecular weight excluding hydrogens is 167 g/mol. The first-order valence-electron chi connectivity index (χ1n) is 2.06. The molecule has 5 heteroatoms. The second-order valence-corrected chi connectivity index (χ2v) is 2.29. The Hall–Kier alpha value is -0.280. The monoisotopic (exact) mass is 170 g/mol. The molecule has 0 rings (SSSR count). The van der Waals surface area contributed by atoms with Crippen molar-refractivity contribution in [3.05, 3.63) is 0 Å². The molecule has 0 fully saturated rings. The lowest BCUT2D eigenvalue weighted by Gasteiger charge is -2.02. The van der Waals surface area contributed by atoms with Gasteiger partial charge in [-0.1, -0.05) is 0 Å². The molecule has 0 aliphatic heterocycles. The fraction of sp³-hybridized carbons (Fsp3) is 0.500. The highest BCUT2D eigenvalue weighted by molar-refractivity contribution is 6.40. The normalized spacial score (nSPS) is 16.2. The Bertz CT molecular complexity index is 125. The number of carbonyl (C=O) groups excluding carboxylic acids is 1. The summed E-state index contributed by atoms with van der Waals surface area (Å²) in [6, 6.07) is 0. The van der Waals surface area contributed by atoms with Crippen molar-refractivity contribution in [1.82, 2.24) is 0 Å². The van der Waals surface area contributed by atoms with Crippen LogP contribution < -0.4 is 0 Å². The van der Waals surface area contributed by atoms with Crippen LogP contribution in [0.1, 0.15) is 0 Å². The summed E-state index contributed by atoms with van der Waals surface area (Å²) in [5.41, 5.74) is 0. The van der Waals surface area contributed by atoms with Crippen molar-refractivity contribution in [3.63, 3.8) is 0 Å². The SMILES string of the molecule is O=C[C@H](Cl)[C@@H](Cl)C(=O)O. The Labute approximate surface area is 61.6 Å². The van der Waals surface area contributed by atoms with Gasteiger partial charge in [0, 0.05) is 0 Å². The van der Waals surface area contributed by atoms with E-state index in [0.29, 0.717) is 0 Å². The molecule has 0 saturated carbocycles. The zero-order chi connectivity index (χ0) is 7.44. The summed E-state index contributed by atoms with van der Waals surface area (Å²) >= 11 is 10.2. The van der Waals surface area contributed by atoms with Crippen LogP contribution in [-0.2, 0) is 9.59 Å². The van der Waals surface area contributed by atoms with E-state index in [2.05, 4.69) is 0 Å². The van der Waals surface area contributed by atoms with Gasteiger partial charge in [0.2, 0.25) is 0 Å². The number of halogens is 2. The maximum absolute atomic E-state index is 9.92. The highest BCUT2D eigenvalue weighted by atomic mass is 35.5. The molecule has 0 heterocycles. The van der Waals surface area contributed by atoms with Crippen LogP contribution in [0.25, 0.3) is 0 Å². The average molecular weight is 171 g/mol. The summed E-state index contributed by atoms with van der Waals surface area (Å²) in [5, 5.41) is 5.63. The maximum Gasteiger partial charge on any atom is 0.323 e. The van der Waals surface area contributed by atoms with Crippen molar-refractivity contribution >= 4 is 35.5 Å². The number of rotatable bonds is 3. The van der Waals surface area contributed by atoms with E-state index in [-0.39, 0.29) is 6.29 Å². The molecule has 0 amide bonds. The van der Waals surface area contributed by atoms with Crippen LogP contribution in [0.2, 0.25) is 0 Å². The van der Waals surface area contributed by atoms with E-state index in [9.17, 15) is 9.59 Å². The van der Waals surface area contributed by atoms with Gasteiger partial charge >= 0.3 is 5.97 Å². The van der Waals surface area contributed by atoms with Crippen molar-refractivity contribution in [2.24, 2.45) is 0 Å². The van der Waals surface area contributed by atoms with Gasteiger partial charge in [-0.15, -0.1) is 23.2 Å². The van der Waals surface area contributed by atoms with Crippen LogP contribution >= 0.6 is 23.2 Å². The second kappa shape index (κ2) is 3.69. The van der Waals surface area contributed by atoms with Crippen molar-refractivity contribution < 1.29 is 14.7 Å². The molecule has 0 aromatic rings. The molecule has 0 aliphatic rings. The van der Waals surface area contributed by atoms with Crippen molar-refractivity contribution in [1.29, 1.82) is 0 Å². The number of aldehydes is 1. The van der Waals surface area contributed by atoms with Crippen LogP contribution in [0.5, 0.6) is 0 Å². The fourth-order valence-corrected chi connectivity index (χ4v) is 0.372. The number of alkyl halides is 2. The van der Waals surface area contributed by atoms with Gasteiger partial charge < -0.3 is 9.90 Å². The Kier molecular flexibility index (Phi) is 3.58. The van der Waals surface area contributed by atoms with Crippen LogP contribution in [0.3, 0.4) is 0 Å². The third-order valence-electron chi connectivity index (χ3n) is 0.645. The fourth-order valence-electron chi connectivity index (χ4n) is 0.205. The summed E-state index contributed by atoms with van der Waals surface area (Å²) in [6.45, 7) is 0. The summed E-state index contributed by atoms with van der Waals surface area (Å²) in [6.07, 6.45) is 0.285. The molecule has 0 saturated heterocycles. The molecule has 1 N–H and O–H groups in total. The standard InChI is InChI=1S/C4H4Cl2O3/c5-2(1-7)3(6)4(8)9/h1-3H,(H,8,9)/t2-,3+/m0/s1. The van der Waals surface area contributed by atoms with E-state index in [4.69, 9.17) is 28.3 Å². The highest BCUT2D eigenvalue weighted by Gasteiger charge is 2.22. The van der Waals surface area contributed by atoms with Gasteiger partial charge in [0.25, 0.3) is 0 Å². The summed E-state index contributed by atoms with van der Waals surface area (Å²) < 4.78 is 0. The number of carbonyl (C=O) groups is 2. The van der Waals surface area contributed by atoms with E-state index >= 15 is 0 Å². The molecule has 3 nitrogen and oxygen atoms in total. The third kappa shape index (κ3) is 2.67. The molecule has 0 bridgehead atoms. The molecule has 0 spiro atoms. The van der Waals surface area contributed by atoms with Crippen molar-refractivity contribution in [3.8, 4) is 0 Å². The molecule has 0 aromatic heterocycles. The summed E-state index contributed by atoms with van der Waals surface area (Å²) in [5.74, 6) is -1.29. The zero-order valence-electron chi connectivity index (χ0n) is 4.25. The lowest BCUT2D eigenvalue weighted by molar-refractivity contribution is -0.137. The second-order valence-electron chi connectivity index (χ2n) is 1.32. The van der Waals surface area contributed by atoms with Gasteiger partial charge in [-0.3, -0.25) is 4.79 Å². The molecule has 0 unspecified atom stereocenters. The van der Waals surface area contributed by atoms with E-state index in [1.165, 1.54) is 0 Å². The van der Waals surface area contributed by atoms with Crippen LogP contribution in [0.15, 0.2) is 0 Å². The third-order valence-corrected chi connectivity index (χ3v) is 1.59. The Balaban J connectivity index is 3.86. The number of carboxylic acid groups (broad SMARTS) is 1. The first-order valence-corrected chi connectivity index (χ1v) is 2.93. The summed E-state index contributed by atoms with van der Waals surface area (Å²) in [4.78, 5) is 19.7. The van der Waals surface area contributed by atoms with Gasteiger partial charge in [0.1, 0.15) is 11.7 Å². The minimum Gasteiger partial charge on any atom is -0.480 e. The van der Waals surface area contributed by atoms with Gasteiger partial charge in [-0.2, -0.15) is 0 Å². The number of aliphatic carboxylic acids is 1. The van der Waals surface area contributed by atoms with Crippen LogP contribution in [0.4, 0.5) is 0 Å². The molecule has 0 aromatic carbocycles. The van der Waals surface area contributed by atoms with E-state index in [0.717, 1.165) is 0 Å². The number of carboxylic acids is 1. The minimum atomic E-state index is -1.33. The predicted molar refractivity (Wildman–Crippen MR) is 33.0 cm³/mol. The molecule has 0 radical (unpaired) electrons. The van der Waals surface area contributed by atoms with E-state index in [1.807, 2.05) is 0 Å². The quantitative estimate of drug-likeness (QED) is 0.496. The maximum atomic E-state index is 9.92. The van der Waals surface area contributed by atoms with Crippen LogP contribution in [0, 0.1) is 0 Å². The minimum absolute atomic E-state index is 0.285. The average Bonchev–Trinajstić information content (AvgIpc) is 1.84. The smallest absolute Gasteiger partial charge is 0.323 e. The van der Waals surface area contributed by atoms with Gasteiger partial charge in [-0.25, -0.2) is 0 Å². The van der Waals surface area contributed by atoms with Gasteiger partial charge in [-0.05, 0) is 0 Å². The molecule has 52 valence electrons. The van der Waals surface area contributed by atoms with Crippen molar-refractivity contribution in [2.45, 2.75) is 10.8 Å². The van der Waals surface area contributed by atoms with Crippen LogP contribution in [-0.4, -0.2) is 28.1 Å². The van der Waals surface area contributed by atoms with E-state index in [1.54, 1.807) is 0 Å². The lowest BCUT2D eigenvalue weighted by Crippen LogP contribution is -2.25. The Morgan fingerprint density at radius 1 is 1.56 bits per heavy atom. The zero-order valence-corrected chi connectivity index (χ0v) is 5.76. The molecule has 2 atom stereocenters. The van der Waals surface area contributed by atoms with E-state index < -0.39 is 16.7 Å². The number of hydrogen-bond donors (Lipinski definition) is 1.